The van der Waals surface area contributed by atoms with Crippen molar-refractivity contribution < 1.29 is 33.0 Å². The van der Waals surface area contributed by atoms with Crippen LogP contribution in [0.2, 0.25) is 0 Å². The number of nitrogens with zero attached hydrogens (tertiary/aromatic N) is 5. The van der Waals surface area contributed by atoms with Crippen molar-refractivity contribution in [3.8, 4) is 11.8 Å². The lowest BCUT2D eigenvalue weighted by atomic mass is 10.3. The van der Waals surface area contributed by atoms with E-state index in [-0.39, 0.29) is 17.2 Å². The van der Waals surface area contributed by atoms with E-state index in [1.165, 1.54) is 11.5 Å². The van der Waals surface area contributed by atoms with Crippen LogP contribution in [0.5, 0.6) is 0 Å². The zero-order chi connectivity index (χ0) is 25.6. The van der Waals surface area contributed by atoms with Gasteiger partial charge in [0.15, 0.2) is 11.2 Å². The lowest BCUT2D eigenvalue weighted by Crippen LogP contribution is -2.44. The van der Waals surface area contributed by atoms with Gasteiger partial charge in [0, 0.05) is 33.2 Å². The summed E-state index contributed by atoms with van der Waals surface area (Å²) >= 11 is 0. The van der Waals surface area contributed by atoms with Crippen LogP contribution in [0, 0.1) is 11.8 Å². The molecule has 3 rings (SSSR count). The molecule has 12 nitrogen and oxygen atoms in total. The number of hydrogen-bond acceptors (Lipinski definition) is 8. The summed E-state index contributed by atoms with van der Waals surface area (Å²) in [5.74, 6) is 2.87. The Hall–Kier alpha value is -3.80. The van der Waals surface area contributed by atoms with Crippen LogP contribution >= 0.6 is 0 Å². The number of carboxylic acid groups (broad SMARTS) is 2. The summed E-state index contributed by atoms with van der Waals surface area (Å²) < 4.78 is 34.8. The minimum absolute atomic E-state index is 0.167. The summed E-state index contributed by atoms with van der Waals surface area (Å²) in [4.78, 5) is 44.1. The number of piperazine rings is 1. The van der Waals surface area contributed by atoms with Crippen LogP contribution in [0.4, 0.5) is 25.1 Å². The Labute approximate surface area is 191 Å². The van der Waals surface area contributed by atoms with Crippen molar-refractivity contribution in [3.63, 3.8) is 0 Å². The van der Waals surface area contributed by atoms with Gasteiger partial charge in [-0.05, 0) is 13.8 Å². The van der Waals surface area contributed by atoms with Crippen molar-refractivity contribution in [1.29, 1.82) is 0 Å². The number of fused-ring (bicyclic) bond motifs is 1. The quantitative estimate of drug-likeness (QED) is 0.426. The number of imidazole rings is 1. The van der Waals surface area contributed by atoms with Crippen LogP contribution in [0.15, 0.2) is 4.79 Å². The number of carboxylic acids is 2. The predicted molar refractivity (Wildman–Crippen MR) is 116 cm³/mol. The van der Waals surface area contributed by atoms with Crippen LogP contribution in [0.25, 0.3) is 11.2 Å². The molecule has 2 aromatic heterocycles. The Morgan fingerprint density at radius 2 is 1.82 bits per heavy atom. The zero-order valence-electron chi connectivity index (χ0n) is 18.6. The van der Waals surface area contributed by atoms with Crippen molar-refractivity contribution in [1.82, 2.24) is 24.4 Å². The number of aromatic nitrogens is 4. The Morgan fingerprint density at radius 3 is 2.32 bits per heavy atom. The van der Waals surface area contributed by atoms with Gasteiger partial charge in [0.2, 0.25) is 11.9 Å². The topological polar surface area (TPSA) is 155 Å². The van der Waals surface area contributed by atoms with E-state index in [4.69, 9.17) is 15.0 Å². The maximum atomic E-state index is 13.0. The molecule has 1 fully saturated rings. The normalized spacial score (nSPS) is 14.5. The number of halogens is 3. The molecule has 0 aromatic carbocycles. The van der Waals surface area contributed by atoms with Gasteiger partial charge in [0.1, 0.15) is 6.04 Å². The molecule has 1 atom stereocenters. The highest BCUT2D eigenvalue weighted by Crippen LogP contribution is 2.21. The maximum Gasteiger partial charge on any atom is 0.490 e. The van der Waals surface area contributed by atoms with Gasteiger partial charge < -0.3 is 25.7 Å². The first kappa shape index (κ1) is 26.5. The standard InChI is InChI=1S/C17H23N7O3.C2HF3O2/c1-4-5-8-24-12-13(21-17(24)23-9-6-18-7-10-23)20-16(22(3)14(12)25)19-11(2)15(26)27;3-2(4,5)1(6)7/h11,18H,6-10H2,1-3H3,(H,19,20)(H,26,27);(H,6,7). The largest absolute Gasteiger partial charge is 0.490 e. The van der Waals surface area contributed by atoms with Crippen molar-refractivity contribution in [2.45, 2.75) is 32.6 Å². The molecule has 15 heteroatoms. The van der Waals surface area contributed by atoms with E-state index in [0.29, 0.717) is 18.0 Å². The number of alkyl halides is 3. The molecule has 1 saturated heterocycles. The van der Waals surface area contributed by atoms with E-state index in [1.54, 1.807) is 18.5 Å². The number of aliphatic carboxylic acids is 2. The van der Waals surface area contributed by atoms with Gasteiger partial charge in [-0.3, -0.25) is 18.7 Å². The third-order valence-electron chi connectivity index (χ3n) is 4.74. The molecule has 0 amide bonds. The summed E-state index contributed by atoms with van der Waals surface area (Å²) in [6, 6.07) is -0.888. The Bertz CT molecular complexity index is 1170. The second-order valence-electron chi connectivity index (χ2n) is 7.14. The number of hydrogen-bond donors (Lipinski definition) is 4. The molecule has 1 unspecified atom stereocenters. The van der Waals surface area contributed by atoms with E-state index in [0.717, 1.165) is 26.2 Å². The zero-order valence-corrected chi connectivity index (χ0v) is 18.6. The van der Waals surface area contributed by atoms with Crippen LogP contribution in [-0.2, 0) is 23.2 Å². The van der Waals surface area contributed by atoms with Gasteiger partial charge in [-0.1, -0.05) is 5.92 Å². The molecule has 1 aliphatic rings. The second-order valence-corrected chi connectivity index (χ2v) is 7.14. The summed E-state index contributed by atoms with van der Waals surface area (Å²) in [5, 5.41) is 22.3. The molecular formula is C19H24F3N7O5. The van der Waals surface area contributed by atoms with Gasteiger partial charge >= 0.3 is 18.1 Å². The van der Waals surface area contributed by atoms with E-state index in [9.17, 15) is 22.8 Å². The number of nitrogens with one attached hydrogen (secondary N) is 2. The third-order valence-corrected chi connectivity index (χ3v) is 4.74. The number of anilines is 2. The third kappa shape index (κ3) is 6.16. The van der Waals surface area contributed by atoms with Gasteiger partial charge in [0.05, 0.1) is 6.54 Å². The summed E-state index contributed by atoms with van der Waals surface area (Å²) in [6.45, 7) is 6.76. The average molecular weight is 487 g/mol. The van der Waals surface area contributed by atoms with E-state index in [1.807, 2.05) is 0 Å². The van der Waals surface area contributed by atoms with Crippen LogP contribution in [-0.4, -0.2) is 79.7 Å². The highest BCUT2D eigenvalue weighted by atomic mass is 19.4. The van der Waals surface area contributed by atoms with Gasteiger partial charge in [-0.25, -0.2) is 4.79 Å². The monoisotopic (exact) mass is 487 g/mol. The van der Waals surface area contributed by atoms with Gasteiger partial charge in [0.25, 0.3) is 5.56 Å². The van der Waals surface area contributed by atoms with Crippen LogP contribution in [0.3, 0.4) is 0 Å². The molecule has 186 valence electrons. The van der Waals surface area contributed by atoms with Gasteiger partial charge in [-0.2, -0.15) is 23.1 Å². The SMILES string of the molecule is CC#CCn1c(N2CCNCC2)nc2nc(NC(C)C(=O)O)n(C)c(=O)c21.O=C(O)C(F)(F)F. The molecule has 2 aromatic rings. The highest BCUT2D eigenvalue weighted by Gasteiger charge is 2.38. The number of carbonyl (C=O) groups is 2. The minimum atomic E-state index is -5.08. The fourth-order valence-electron chi connectivity index (χ4n) is 2.95. The first-order valence-corrected chi connectivity index (χ1v) is 10.0. The van der Waals surface area contributed by atoms with E-state index in [2.05, 4.69) is 37.3 Å². The highest BCUT2D eigenvalue weighted by molar-refractivity contribution is 5.78. The second kappa shape index (κ2) is 10.9. The van der Waals surface area contributed by atoms with Crippen molar-refractivity contribution in [3.05, 3.63) is 10.4 Å². The minimum Gasteiger partial charge on any atom is -0.480 e. The Morgan fingerprint density at radius 1 is 1.24 bits per heavy atom. The van der Waals surface area contributed by atoms with Crippen molar-refractivity contribution >= 4 is 35.0 Å². The lowest BCUT2D eigenvalue weighted by molar-refractivity contribution is -0.192. The van der Waals surface area contributed by atoms with Crippen molar-refractivity contribution in [2.75, 3.05) is 36.4 Å². The molecule has 0 aliphatic carbocycles. The Balaban J connectivity index is 0.000000509. The lowest BCUT2D eigenvalue weighted by Gasteiger charge is -2.28. The van der Waals surface area contributed by atoms with E-state index >= 15 is 0 Å². The fraction of sp³-hybridized carbons (Fsp3) is 0.526. The molecule has 1 aliphatic heterocycles. The maximum absolute atomic E-state index is 13.0. The molecule has 4 N–H and O–H groups in total. The first-order chi connectivity index (χ1) is 15.9. The van der Waals surface area contributed by atoms with E-state index < -0.39 is 24.2 Å². The molecule has 34 heavy (non-hydrogen) atoms. The molecule has 0 radical (unpaired) electrons. The molecule has 3 heterocycles. The molecule has 0 saturated carbocycles. The van der Waals surface area contributed by atoms with Crippen LogP contribution < -0.4 is 21.1 Å². The summed E-state index contributed by atoms with van der Waals surface area (Å²) in [6.07, 6.45) is -5.08. The average Bonchev–Trinajstić information content (AvgIpc) is 3.14. The molecule has 0 bridgehead atoms. The summed E-state index contributed by atoms with van der Waals surface area (Å²) in [7, 11) is 1.55. The fourth-order valence-corrected chi connectivity index (χ4v) is 2.95. The summed E-state index contributed by atoms with van der Waals surface area (Å²) in [5.41, 5.74) is 0.346. The molecule has 0 spiro atoms. The molecular weight excluding hydrogens is 463 g/mol. The number of rotatable bonds is 5. The van der Waals surface area contributed by atoms with Crippen LogP contribution in [0.1, 0.15) is 13.8 Å². The van der Waals surface area contributed by atoms with Gasteiger partial charge in [-0.15, -0.1) is 5.92 Å². The first-order valence-electron chi connectivity index (χ1n) is 10.0. The smallest absolute Gasteiger partial charge is 0.480 e. The van der Waals surface area contributed by atoms with Crippen molar-refractivity contribution in [2.24, 2.45) is 7.05 Å². The predicted octanol–water partition coefficient (Wildman–Crippen LogP) is 0.0812. The Kier molecular flexibility index (Phi) is 8.46.